The van der Waals surface area contributed by atoms with Crippen molar-refractivity contribution in [3.05, 3.63) is 18.0 Å². The van der Waals surface area contributed by atoms with Crippen LogP contribution in [-0.4, -0.2) is 32.8 Å². The molecule has 0 radical (unpaired) electrons. The molecule has 1 aliphatic carbocycles. The van der Waals surface area contributed by atoms with Gasteiger partial charge in [-0.3, -0.25) is 0 Å². The summed E-state index contributed by atoms with van der Waals surface area (Å²) in [6.45, 7) is -1.10. The number of aromatic nitrogens is 1. The molecule has 0 unspecified atom stereocenters. The van der Waals surface area contributed by atoms with E-state index in [1.807, 2.05) is 4.57 Å². The van der Waals surface area contributed by atoms with Crippen molar-refractivity contribution in [3.63, 3.8) is 0 Å². The van der Waals surface area contributed by atoms with E-state index in [4.69, 9.17) is 0 Å². The Hall–Kier alpha value is -1.06. The molecule has 0 aliphatic heterocycles. The number of hydrogen-bond donors (Lipinski definition) is 2. The molecular formula is C11H16F3N3O2S. The van der Waals surface area contributed by atoms with Crippen molar-refractivity contribution >= 4 is 10.0 Å². The lowest BCUT2D eigenvalue weighted by Crippen LogP contribution is -2.33. The molecule has 1 aliphatic rings. The first-order chi connectivity index (χ1) is 9.23. The quantitative estimate of drug-likeness (QED) is 0.834. The number of nitrogens with one attached hydrogen (secondary N) is 2. The van der Waals surface area contributed by atoms with Crippen LogP contribution in [0.25, 0.3) is 0 Å². The monoisotopic (exact) mass is 311 g/mol. The van der Waals surface area contributed by atoms with Crippen LogP contribution in [0.3, 0.4) is 0 Å². The smallest absolute Gasteiger partial charge is 0.346 e. The van der Waals surface area contributed by atoms with E-state index in [2.05, 4.69) is 5.32 Å². The van der Waals surface area contributed by atoms with Gasteiger partial charge in [-0.05, 0) is 26.0 Å². The maximum atomic E-state index is 12.1. The molecule has 2 N–H and O–H groups in total. The van der Waals surface area contributed by atoms with Gasteiger partial charge in [0.1, 0.15) is 6.54 Å². The van der Waals surface area contributed by atoms with Crippen molar-refractivity contribution in [2.24, 2.45) is 0 Å². The second-order valence-corrected chi connectivity index (χ2v) is 6.54. The standard InChI is InChI=1S/C11H16F3N3O2S/c1-15-5-9-4-10(6-17(9)8-2-3-8)20(18,19)16-7-11(12,13)14/h4,6,8,15-16H,2-3,5,7H2,1H3. The third-order valence-electron chi connectivity index (χ3n) is 2.98. The number of nitrogens with zero attached hydrogens (tertiary/aromatic N) is 1. The van der Waals surface area contributed by atoms with Crippen LogP contribution in [0.2, 0.25) is 0 Å². The SMILES string of the molecule is CNCc1cc(S(=O)(=O)NCC(F)(F)F)cn1C1CC1. The third-order valence-corrected chi connectivity index (χ3v) is 4.35. The zero-order chi connectivity index (χ0) is 15.0. The molecule has 1 fully saturated rings. The number of hydrogen-bond acceptors (Lipinski definition) is 3. The highest BCUT2D eigenvalue weighted by Gasteiger charge is 2.32. The molecule has 1 heterocycles. The van der Waals surface area contributed by atoms with Crippen LogP contribution in [0.15, 0.2) is 17.2 Å². The maximum Gasteiger partial charge on any atom is 0.402 e. The van der Waals surface area contributed by atoms with Crippen molar-refractivity contribution < 1.29 is 21.6 Å². The molecule has 114 valence electrons. The van der Waals surface area contributed by atoms with E-state index in [1.54, 1.807) is 11.8 Å². The number of halogens is 3. The Labute approximate surface area is 115 Å². The summed E-state index contributed by atoms with van der Waals surface area (Å²) in [6.07, 6.45) is -1.25. The van der Waals surface area contributed by atoms with Gasteiger partial charge >= 0.3 is 6.18 Å². The van der Waals surface area contributed by atoms with Gasteiger partial charge in [0.15, 0.2) is 0 Å². The predicted octanol–water partition coefficient (Wildman–Crippen LogP) is 1.38. The van der Waals surface area contributed by atoms with E-state index in [1.165, 1.54) is 12.3 Å². The van der Waals surface area contributed by atoms with Gasteiger partial charge < -0.3 is 9.88 Å². The first kappa shape index (κ1) is 15.3. The molecule has 0 spiro atoms. The number of alkyl halides is 3. The summed E-state index contributed by atoms with van der Waals surface area (Å²) in [7, 11) is -2.42. The van der Waals surface area contributed by atoms with Gasteiger partial charge in [0.25, 0.3) is 0 Å². The average Bonchev–Trinajstić information content (AvgIpc) is 3.08. The van der Waals surface area contributed by atoms with Crippen molar-refractivity contribution in [2.75, 3.05) is 13.6 Å². The summed E-state index contributed by atoms with van der Waals surface area (Å²) in [4.78, 5) is -0.126. The zero-order valence-electron chi connectivity index (χ0n) is 10.9. The summed E-state index contributed by atoms with van der Waals surface area (Å²) in [5.74, 6) is 0. The maximum absolute atomic E-state index is 12.1. The molecule has 2 rings (SSSR count). The van der Waals surface area contributed by atoms with Crippen molar-refractivity contribution in [2.45, 2.75) is 36.5 Å². The minimum Gasteiger partial charge on any atom is -0.346 e. The van der Waals surface area contributed by atoms with Crippen LogP contribution >= 0.6 is 0 Å². The predicted molar refractivity (Wildman–Crippen MR) is 66.7 cm³/mol. The van der Waals surface area contributed by atoms with Gasteiger partial charge in [0.05, 0.1) is 4.90 Å². The summed E-state index contributed by atoms with van der Waals surface area (Å²) in [6, 6.07) is 1.66. The molecule has 1 saturated carbocycles. The van der Waals surface area contributed by atoms with E-state index in [0.29, 0.717) is 6.54 Å². The third kappa shape index (κ3) is 3.74. The fourth-order valence-corrected chi connectivity index (χ4v) is 2.98. The molecule has 0 amide bonds. The minimum atomic E-state index is -4.57. The molecule has 9 heteroatoms. The Morgan fingerprint density at radius 1 is 1.40 bits per heavy atom. The van der Waals surface area contributed by atoms with Crippen LogP contribution in [0, 0.1) is 0 Å². The van der Waals surface area contributed by atoms with E-state index in [-0.39, 0.29) is 10.9 Å². The summed E-state index contributed by atoms with van der Waals surface area (Å²) >= 11 is 0. The summed E-state index contributed by atoms with van der Waals surface area (Å²) in [5, 5.41) is 2.91. The van der Waals surface area contributed by atoms with E-state index in [9.17, 15) is 21.6 Å². The molecule has 1 aromatic heterocycles. The van der Waals surface area contributed by atoms with Gasteiger partial charge in [-0.25, -0.2) is 13.1 Å². The van der Waals surface area contributed by atoms with Crippen molar-refractivity contribution in [1.29, 1.82) is 0 Å². The molecular weight excluding hydrogens is 295 g/mol. The second-order valence-electron chi connectivity index (χ2n) is 4.78. The Kier molecular flexibility index (Phi) is 4.12. The topological polar surface area (TPSA) is 63.1 Å². The van der Waals surface area contributed by atoms with Crippen LogP contribution in [-0.2, 0) is 16.6 Å². The Morgan fingerprint density at radius 2 is 2.05 bits per heavy atom. The van der Waals surface area contributed by atoms with E-state index in [0.717, 1.165) is 18.5 Å². The lowest BCUT2D eigenvalue weighted by molar-refractivity contribution is -0.121. The molecule has 5 nitrogen and oxygen atoms in total. The molecule has 0 atom stereocenters. The van der Waals surface area contributed by atoms with Crippen molar-refractivity contribution in [1.82, 2.24) is 14.6 Å². The molecule has 0 aromatic carbocycles. The lowest BCUT2D eigenvalue weighted by Gasteiger charge is -2.07. The largest absolute Gasteiger partial charge is 0.402 e. The van der Waals surface area contributed by atoms with Gasteiger partial charge in [-0.1, -0.05) is 0 Å². The average molecular weight is 311 g/mol. The number of rotatable bonds is 6. The van der Waals surface area contributed by atoms with Gasteiger partial charge in [-0.2, -0.15) is 13.2 Å². The van der Waals surface area contributed by atoms with E-state index < -0.39 is 22.7 Å². The van der Waals surface area contributed by atoms with Crippen molar-refractivity contribution in [3.8, 4) is 0 Å². The molecule has 20 heavy (non-hydrogen) atoms. The molecule has 0 saturated heterocycles. The molecule has 1 aromatic rings. The van der Waals surface area contributed by atoms with Gasteiger partial charge in [-0.15, -0.1) is 0 Å². The van der Waals surface area contributed by atoms with Crippen LogP contribution in [0.4, 0.5) is 13.2 Å². The molecule has 0 bridgehead atoms. The summed E-state index contributed by atoms with van der Waals surface area (Å²) < 4.78 is 63.4. The highest BCUT2D eigenvalue weighted by molar-refractivity contribution is 7.89. The number of sulfonamides is 1. The highest BCUT2D eigenvalue weighted by Crippen LogP contribution is 2.37. The second kappa shape index (κ2) is 5.38. The van der Waals surface area contributed by atoms with Crippen LogP contribution < -0.4 is 10.0 Å². The fraction of sp³-hybridized carbons (Fsp3) is 0.636. The van der Waals surface area contributed by atoms with Gasteiger partial charge in [0.2, 0.25) is 10.0 Å². The zero-order valence-corrected chi connectivity index (χ0v) is 11.7. The normalized spacial score (nSPS) is 16.6. The lowest BCUT2D eigenvalue weighted by atomic mass is 10.4. The van der Waals surface area contributed by atoms with Crippen LogP contribution in [0.1, 0.15) is 24.6 Å². The van der Waals surface area contributed by atoms with Gasteiger partial charge in [0, 0.05) is 24.5 Å². The fourth-order valence-electron chi connectivity index (χ4n) is 1.92. The van der Waals surface area contributed by atoms with Crippen LogP contribution in [0.5, 0.6) is 0 Å². The Balaban J connectivity index is 2.21. The summed E-state index contributed by atoms with van der Waals surface area (Å²) in [5.41, 5.74) is 0.752. The first-order valence-electron chi connectivity index (χ1n) is 6.15. The minimum absolute atomic E-state index is 0.126. The highest BCUT2D eigenvalue weighted by atomic mass is 32.2. The first-order valence-corrected chi connectivity index (χ1v) is 7.63. The Morgan fingerprint density at radius 3 is 2.55 bits per heavy atom. The van der Waals surface area contributed by atoms with E-state index >= 15 is 0 Å². The Bertz CT molecular complexity index is 576.